The molecule has 0 radical (unpaired) electrons. The van der Waals surface area contributed by atoms with E-state index < -0.39 is 5.60 Å². The van der Waals surface area contributed by atoms with E-state index in [0.29, 0.717) is 19.2 Å². The lowest BCUT2D eigenvalue weighted by Crippen LogP contribution is -2.52. The first kappa shape index (κ1) is 15.7. The molecule has 3 aliphatic rings. The highest BCUT2D eigenvalue weighted by atomic mass is 16.5. The molecule has 0 amide bonds. The van der Waals surface area contributed by atoms with Crippen LogP contribution in [-0.2, 0) is 4.74 Å². The fourth-order valence-electron chi connectivity index (χ4n) is 4.24. The highest BCUT2D eigenvalue weighted by Gasteiger charge is 2.39. The molecule has 1 saturated carbocycles. The summed E-state index contributed by atoms with van der Waals surface area (Å²) in [5, 5.41) is 14.1. The van der Waals surface area contributed by atoms with Gasteiger partial charge in [-0.25, -0.2) is 0 Å². The molecule has 0 aromatic carbocycles. The lowest BCUT2D eigenvalue weighted by Gasteiger charge is -2.40. The van der Waals surface area contributed by atoms with Crippen LogP contribution >= 0.6 is 0 Å². The number of ether oxygens (including phenoxy) is 1. The minimum atomic E-state index is -0.652. The Hall–Kier alpha value is -0.160. The summed E-state index contributed by atoms with van der Waals surface area (Å²) in [6.07, 6.45) is 10.3. The third-order valence-corrected chi connectivity index (χ3v) is 5.98. The number of piperidine rings is 1. The van der Waals surface area contributed by atoms with Crippen LogP contribution in [0.5, 0.6) is 0 Å². The van der Waals surface area contributed by atoms with E-state index in [1.807, 2.05) is 6.92 Å². The highest BCUT2D eigenvalue weighted by Crippen LogP contribution is 2.27. The van der Waals surface area contributed by atoms with Crippen molar-refractivity contribution in [2.45, 2.75) is 82.1 Å². The number of nitrogens with one attached hydrogen (secondary N) is 1. The number of hydrogen-bond acceptors (Lipinski definition) is 4. The van der Waals surface area contributed by atoms with E-state index >= 15 is 0 Å². The first-order chi connectivity index (χ1) is 10.2. The van der Waals surface area contributed by atoms with Crippen molar-refractivity contribution in [1.29, 1.82) is 0 Å². The molecule has 3 rings (SSSR count). The summed E-state index contributed by atoms with van der Waals surface area (Å²) in [6.45, 7) is 5.82. The van der Waals surface area contributed by atoms with Gasteiger partial charge in [0.25, 0.3) is 0 Å². The number of likely N-dealkylation sites (tertiary alicyclic amines) is 1. The molecule has 2 N–H and O–H groups in total. The van der Waals surface area contributed by atoms with Crippen molar-refractivity contribution >= 4 is 0 Å². The molecule has 4 nitrogen and oxygen atoms in total. The van der Waals surface area contributed by atoms with Gasteiger partial charge in [0.15, 0.2) is 0 Å². The first-order valence-electron chi connectivity index (χ1n) is 8.99. The second kappa shape index (κ2) is 6.95. The molecule has 4 heteroatoms. The number of rotatable bonds is 4. The van der Waals surface area contributed by atoms with E-state index in [4.69, 9.17) is 4.74 Å². The Morgan fingerprint density at radius 2 is 1.86 bits per heavy atom. The maximum absolute atomic E-state index is 10.5. The summed E-state index contributed by atoms with van der Waals surface area (Å²) in [5.74, 6) is 0. The smallest absolute Gasteiger partial charge is 0.105 e. The summed E-state index contributed by atoms with van der Waals surface area (Å²) in [5.41, 5.74) is -0.652. The molecule has 1 aliphatic carbocycles. The Labute approximate surface area is 129 Å². The van der Waals surface area contributed by atoms with Gasteiger partial charge < -0.3 is 20.1 Å². The normalized spacial score (nSPS) is 37.1. The van der Waals surface area contributed by atoms with E-state index in [1.165, 1.54) is 58.0 Å². The third-order valence-electron chi connectivity index (χ3n) is 5.98. The first-order valence-corrected chi connectivity index (χ1v) is 8.99. The summed E-state index contributed by atoms with van der Waals surface area (Å²) in [4.78, 5) is 2.72. The summed E-state index contributed by atoms with van der Waals surface area (Å²) < 4.78 is 5.51. The zero-order valence-electron chi connectivity index (χ0n) is 13.5. The van der Waals surface area contributed by atoms with Gasteiger partial charge in [0.05, 0.1) is 6.10 Å². The molecule has 21 heavy (non-hydrogen) atoms. The van der Waals surface area contributed by atoms with Crippen LogP contribution in [0, 0.1) is 0 Å². The number of aliphatic hydroxyl groups is 1. The second-order valence-corrected chi connectivity index (χ2v) is 7.35. The molecular weight excluding hydrogens is 264 g/mol. The van der Waals surface area contributed by atoms with Crippen LogP contribution in [0.3, 0.4) is 0 Å². The Kier molecular flexibility index (Phi) is 5.20. The standard InChI is InChI=1S/C17H32N2O2/c1-14-17(20,9-12-21-14)13-18-15-7-10-19(11-8-15)16-5-3-2-4-6-16/h14-16,18,20H,2-13H2,1H3/t14-,17+/m0/s1. The molecule has 0 bridgehead atoms. The molecule has 2 heterocycles. The van der Waals surface area contributed by atoms with Crippen LogP contribution in [-0.4, -0.2) is 60.0 Å². The maximum atomic E-state index is 10.5. The summed E-state index contributed by atoms with van der Waals surface area (Å²) in [7, 11) is 0. The number of nitrogens with zero attached hydrogens (tertiary/aromatic N) is 1. The highest BCUT2D eigenvalue weighted by molar-refractivity contribution is 4.93. The third kappa shape index (κ3) is 3.79. The molecule has 3 fully saturated rings. The molecule has 122 valence electrons. The van der Waals surface area contributed by atoms with Crippen LogP contribution in [0.4, 0.5) is 0 Å². The topological polar surface area (TPSA) is 44.7 Å². The fourth-order valence-corrected chi connectivity index (χ4v) is 4.24. The van der Waals surface area contributed by atoms with Crippen molar-refractivity contribution in [2.75, 3.05) is 26.2 Å². The minimum Gasteiger partial charge on any atom is -0.386 e. The summed E-state index contributed by atoms with van der Waals surface area (Å²) >= 11 is 0. The van der Waals surface area contributed by atoms with Crippen molar-refractivity contribution < 1.29 is 9.84 Å². The van der Waals surface area contributed by atoms with Crippen LogP contribution in [0.25, 0.3) is 0 Å². The molecular formula is C17H32N2O2. The molecule has 2 saturated heterocycles. The average Bonchev–Trinajstić information content (AvgIpc) is 2.87. The van der Waals surface area contributed by atoms with Crippen molar-refractivity contribution in [2.24, 2.45) is 0 Å². The van der Waals surface area contributed by atoms with Gasteiger partial charge >= 0.3 is 0 Å². The summed E-state index contributed by atoms with van der Waals surface area (Å²) in [6, 6.07) is 1.42. The lowest BCUT2D eigenvalue weighted by molar-refractivity contribution is -0.0291. The molecule has 2 atom stereocenters. The Balaban J connectivity index is 1.39. The zero-order chi connectivity index (χ0) is 14.7. The van der Waals surface area contributed by atoms with Crippen molar-refractivity contribution in [3.05, 3.63) is 0 Å². The SMILES string of the molecule is C[C@@H]1OCC[C@@]1(O)CNC1CCN(C2CCCCC2)CC1. The second-order valence-electron chi connectivity index (χ2n) is 7.35. The predicted molar refractivity (Wildman–Crippen MR) is 84.5 cm³/mol. The van der Waals surface area contributed by atoms with Gasteiger partial charge in [0, 0.05) is 31.7 Å². The predicted octanol–water partition coefficient (Wildman–Crippen LogP) is 1.91. The van der Waals surface area contributed by atoms with Crippen molar-refractivity contribution in [3.63, 3.8) is 0 Å². The minimum absolute atomic E-state index is 0.0349. The lowest BCUT2D eigenvalue weighted by atomic mass is 9.91. The van der Waals surface area contributed by atoms with Crippen LogP contribution in [0.1, 0.15) is 58.3 Å². The van der Waals surface area contributed by atoms with Crippen LogP contribution in [0.15, 0.2) is 0 Å². The molecule has 0 aromatic rings. The largest absolute Gasteiger partial charge is 0.386 e. The maximum Gasteiger partial charge on any atom is 0.105 e. The molecule has 2 aliphatic heterocycles. The van der Waals surface area contributed by atoms with Gasteiger partial charge in [-0.3, -0.25) is 0 Å². The zero-order valence-corrected chi connectivity index (χ0v) is 13.5. The van der Waals surface area contributed by atoms with Gasteiger partial charge in [-0.2, -0.15) is 0 Å². The van der Waals surface area contributed by atoms with Crippen molar-refractivity contribution in [3.8, 4) is 0 Å². The van der Waals surface area contributed by atoms with E-state index in [0.717, 1.165) is 12.5 Å². The van der Waals surface area contributed by atoms with Crippen molar-refractivity contribution in [1.82, 2.24) is 10.2 Å². The quantitative estimate of drug-likeness (QED) is 0.832. The van der Waals surface area contributed by atoms with Gasteiger partial charge in [-0.1, -0.05) is 19.3 Å². The van der Waals surface area contributed by atoms with E-state index in [1.54, 1.807) is 0 Å². The van der Waals surface area contributed by atoms with Gasteiger partial charge in [-0.05, 0) is 45.7 Å². The fraction of sp³-hybridized carbons (Fsp3) is 1.00. The van der Waals surface area contributed by atoms with Gasteiger partial charge in [0.1, 0.15) is 5.60 Å². The average molecular weight is 296 g/mol. The van der Waals surface area contributed by atoms with Crippen LogP contribution in [0.2, 0.25) is 0 Å². The van der Waals surface area contributed by atoms with Crippen LogP contribution < -0.4 is 5.32 Å². The van der Waals surface area contributed by atoms with Gasteiger partial charge in [-0.15, -0.1) is 0 Å². The van der Waals surface area contributed by atoms with E-state index in [-0.39, 0.29) is 6.10 Å². The molecule has 0 aromatic heterocycles. The van der Waals surface area contributed by atoms with Gasteiger partial charge in [0.2, 0.25) is 0 Å². The number of hydrogen-bond donors (Lipinski definition) is 2. The molecule has 0 unspecified atom stereocenters. The molecule has 0 spiro atoms. The Bertz CT molecular complexity index is 325. The Morgan fingerprint density at radius 3 is 2.48 bits per heavy atom. The monoisotopic (exact) mass is 296 g/mol. The Morgan fingerprint density at radius 1 is 1.14 bits per heavy atom. The van der Waals surface area contributed by atoms with E-state index in [2.05, 4.69) is 10.2 Å². The van der Waals surface area contributed by atoms with E-state index in [9.17, 15) is 5.11 Å².